The quantitative estimate of drug-likeness (QED) is 0.664. The second-order valence-electron chi connectivity index (χ2n) is 4.77. The molecular formula is C13H20ClN3O3. The fourth-order valence-electron chi connectivity index (χ4n) is 2.58. The van der Waals surface area contributed by atoms with Crippen LogP contribution in [0.4, 0.5) is 5.69 Å². The first-order chi connectivity index (χ1) is 9.15. The number of halogens is 1. The first kappa shape index (κ1) is 16.7. The van der Waals surface area contributed by atoms with Crippen LogP contribution in [0.1, 0.15) is 18.4 Å². The van der Waals surface area contributed by atoms with Crippen molar-refractivity contribution in [3.05, 3.63) is 33.9 Å². The van der Waals surface area contributed by atoms with Crippen LogP contribution in [-0.2, 0) is 6.54 Å². The van der Waals surface area contributed by atoms with E-state index in [4.69, 9.17) is 10.5 Å². The van der Waals surface area contributed by atoms with Crippen LogP contribution in [-0.4, -0.2) is 36.1 Å². The summed E-state index contributed by atoms with van der Waals surface area (Å²) < 4.78 is 5.00. The molecule has 1 aromatic carbocycles. The third kappa shape index (κ3) is 3.59. The van der Waals surface area contributed by atoms with E-state index >= 15 is 0 Å². The largest absolute Gasteiger partial charge is 0.490 e. The molecule has 0 amide bonds. The molecule has 112 valence electrons. The number of nitrogens with zero attached hydrogens (tertiary/aromatic N) is 2. The molecule has 0 saturated carbocycles. The molecule has 1 aromatic rings. The Morgan fingerprint density at radius 2 is 2.30 bits per heavy atom. The monoisotopic (exact) mass is 301 g/mol. The van der Waals surface area contributed by atoms with Crippen LogP contribution < -0.4 is 10.5 Å². The highest BCUT2D eigenvalue weighted by Gasteiger charge is 2.24. The van der Waals surface area contributed by atoms with Gasteiger partial charge in [-0.1, -0.05) is 6.07 Å². The zero-order valence-corrected chi connectivity index (χ0v) is 12.3. The molecule has 1 heterocycles. The average Bonchev–Trinajstić information content (AvgIpc) is 2.85. The smallest absolute Gasteiger partial charge is 0.311 e. The van der Waals surface area contributed by atoms with Gasteiger partial charge in [0.2, 0.25) is 0 Å². The van der Waals surface area contributed by atoms with E-state index in [0.717, 1.165) is 24.9 Å². The summed E-state index contributed by atoms with van der Waals surface area (Å²) in [5.74, 6) is 0.297. The van der Waals surface area contributed by atoms with Crippen LogP contribution in [0.15, 0.2) is 18.2 Å². The Morgan fingerprint density at radius 3 is 2.90 bits per heavy atom. The van der Waals surface area contributed by atoms with E-state index in [-0.39, 0.29) is 18.1 Å². The van der Waals surface area contributed by atoms with Crippen LogP contribution in [0.3, 0.4) is 0 Å². The van der Waals surface area contributed by atoms with Gasteiger partial charge >= 0.3 is 5.69 Å². The number of nitro groups is 1. The van der Waals surface area contributed by atoms with Gasteiger partial charge in [0.25, 0.3) is 0 Å². The van der Waals surface area contributed by atoms with E-state index < -0.39 is 4.92 Å². The van der Waals surface area contributed by atoms with Gasteiger partial charge in [-0.3, -0.25) is 15.0 Å². The maximum atomic E-state index is 11.0. The molecule has 2 rings (SSSR count). The maximum absolute atomic E-state index is 11.0. The molecular weight excluding hydrogens is 282 g/mol. The first-order valence-corrected chi connectivity index (χ1v) is 6.41. The summed E-state index contributed by atoms with van der Waals surface area (Å²) in [6, 6.07) is 5.50. The molecule has 0 bridgehead atoms. The molecule has 7 heteroatoms. The standard InChI is InChI=1S/C13H19N3O3.ClH/c1-19-13-5-4-10(7-12(13)16(17)18)9-15-6-2-3-11(15)8-14;/h4-5,7,11H,2-3,6,8-9,14H2,1H3;1H. The fourth-order valence-corrected chi connectivity index (χ4v) is 2.58. The molecule has 0 radical (unpaired) electrons. The Hall–Kier alpha value is -1.37. The van der Waals surface area contributed by atoms with E-state index in [1.807, 2.05) is 6.07 Å². The number of benzene rings is 1. The molecule has 1 saturated heterocycles. The highest BCUT2D eigenvalue weighted by Crippen LogP contribution is 2.29. The van der Waals surface area contributed by atoms with Crippen molar-refractivity contribution < 1.29 is 9.66 Å². The Balaban J connectivity index is 0.00000200. The minimum atomic E-state index is -0.410. The molecule has 0 spiro atoms. The highest BCUT2D eigenvalue weighted by atomic mass is 35.5. The van der Waals surface area contributed by atoms with Crippen molar-refractivity contribution in [1.82, 2.24) is 4.90 Å². The number of likely N-dealkylation sites (tertiary alicyclic amines) is 1. The van der Waals surface area contributed by atoms with E-state index in [0.29, 0.717) is 24.9 Å². The Morgan fingerprint density at radius 1 is 1.55 bits per heavy atom. The molecule has 20 heavy (non-hydrogen) atoms. The number of nitrogens with two attached hydrogens (primary N) is 1. The van der Waals surface area contributed by atoms with Crippen molar-refractivity contribution in [2.45, 2.75) is 25.4 Å². The minimum absolute atomic E-state index is 0. The maximum Gasteiger partial charge on any atom is 0.311 e. The molecule has 1 aliphatic heterocycles. The van der Waals surface area contributed by atoms with E-state index in [2.05, 4.69) is 4.90 Å². The van der Waals surface area contributed by atoms with Crippen LogP contribution in [0.5, 0.6) is 5.75 Å². The normalized spacial score (nSPS) is 18.6. The van der Waals surface area contributed by atoms with Gasteiger partial charge in [-0.25, -0.2) is 0 Å². The van der Waals surface area contributed by atoms with Crippen molar-refractivity contribution >= 4 is 18.1 Å². The first-order valence-electron chi connectivity index (χ1n) is 6.41. The summed E-state index contributed by atoms with van der Waals surface area (Å²) in [5.41, 5.74) is 6.67. The number of ether oxygens (including phenoxy) is 1. The highest BCUT2D eigenvalue weighted by molar-refractivity contribution is 5.85. The van der Waals surface area contributed by atoms with Crippen LogP contribution in [0.2, 0.25) is 0 Å². The van der Waals surface area contributed by atoms with E-state index in [1.54, 1.807) is 12.1 Å². The zero-order chi connectivity index (χ0) is 13.8. The molecule has 1 unspecified atom stereocenters. The fraction of sp³-hybridized carbons (Fsp3) is 0.538. The van der Waals surface area contributed by atoms with Crippen LogP contribution >= 0.6 is 12.4 Å². The molecule has 2 N–H and O–H groups in total. The predicted molar refractivity (Wildman–Crippen MR) is 79.4 cm³/mol. The lowest BCUT2D eigenvalue weighted by molar-refractivity contribution is -0.385. The summed E-state index contributed by atoms with van der Waals surface area (Å²) in [7, 11) is 1.44. The second kappa shape index (κ2) is 7.42. The van der Waals surface area contributed by atoms with Crippen molar-refractivity contribution in [3.63, 3.8) is 0 Å². The van der Waals surface area contributed by atoms with E-state index in [1.165, 1.54) is 7.11 Å². The topological polar surface area (TPSA) is 81.6 Å². The van der Waals surface area contributed by atoms with Crippen LogP contribution in [0, 0.1) is 10.1 Å². The number of nitro benzene ring substituents is 1. The van der Waals surface area contributed by atoms with Gasteiger partial charge in [0.15, 0.2) is 5.75 Å². The summed E-state index contributed by atoms with van der Waals surface area (Å²) in [6.45, 7) is 2.34. The number of hydrogen-bond acceptors (Lipinski definition) is 5. The third-order valence-corrected chi connectivity index (χ3v) is 3.60. The lowest BCUT2D eigenvalue weighted by Crippen LogP contribution is -2.34. The second-order valence-corrected chi connectivity index (χ2v) is 4.77. The molecule has 1 atom stereocenters. The molecule has 0 aliphatic carbocycles. The average molecular weight is 302 g/mol. The molecule has 1 fully saturated rings. The van der Waals surface area contributed by atoms with Gasteiger partial charge in [0.05, 0.1) is 12.0 Å². The Kier molecular flexibility index (Phi) is 6.19. The molecule has 1 aliphatic rings. The Bertz CT molecular complexity index is 470. The van der Waals surface area contributed by atoms with Crippen LogP contribution in [0.25, 0.3) is 0 Å². The Labute approximate surface area is 124 Å². The summed E-state index contributed by atoms with van der Waals surface area (Å²) in [4.78, 5) is 12.9. The lowest BCUT2D eigenvalue weighted by atomic mass is 10.1. The minimum Gasteiger partial charge on any atom is -0.490 e. The summed E-state index contributed by atoms with van der Waals surface area (Å²) in [5, 5.41) is 11.0. The van der Waals surface area contributed by atoms with Gasteiger partial charge in [-0.15, -0.1) is 12.4 Å². The van der Waals surface area contributed by atoms with Crippen molar-refractivity contribution in [2.24, 2.45) is 5.73 Å². The SMILES string of the molecule is COc1ccc(CN2CCCC2CN)cc1[N+](=O)[O-].Cl. The summed E-state index contributed by atoms with van der Waals surface area (Å²) in [6.07, 6.45) is 2.24. The zero-order valence-electron chi connectivity index (χ0n) is 11.4. The van der Waals surface area contributed by atoms with Crippen molar-refractivity contribution in [2.75, 3.05) is 20.2 Å². The van der Waals surface area contributed by atoms with Gasteiger partial charge in [0, 0.05) is 25.2 Å². The summed E-state index contributed by atoms with van der Waals surface area (Å²) >= 11 is 0. The predicted octanol–water partition coefficient (Wildman–Crippen LogP) is 1.95. The van der Waals surface area contributed by atoms with Gasteiger partial charge < -0.3 is 10.5 Å². The van der Waals surface area contributed by atoms with Crippen molar-refractivity contribution in [3.8, 4) is 5.75 Å². The van der Waals surface area contributed by atoms with Gasteiger partial charge in [0.1, 0.15) is 0 Å². The number of rotatable bonds is 5. The van der Waals surface area contributed by atoms with Gasteiger partial charge in [-0.2, -0.15) is 0 Å². The van der Waals surface area contributed by atoms with Gasteiger partial charge in [-0.05, 0) is 31.0 Å². The third-order valence-electron chi connectivity index (χ3n) is 3.60. The van der Waals surface area contributed by atoms with E-state index in [9.17, 15) is 10.1 Å². The lowest BCUT2D eigenvalue weighted by Gasteiger charge is -2.23. The number of hydrogen-bond donors (Lipinski definition) is 1. The van der Waals surface area contributed by atoms with Crippen molar-refractivity contribution in [1.29, 1.82) is 0 Å². The molecule has 6 nitrogen and oxygen atoms in total. The number of methoxy groups -OCH3 is 1. The molecule has 0 aromatic heterocycles.